The predicted molar refractivity (Wildman–Crippen MR) is 144 cm³/mol. The van der Waals surface area contributed by atoms with Crippen molar-refractivity contribution in [1.82, 2.24) is 0 Å². The van der Waals surface area contributed by atoms with E-state index in [4.69, 9.17) is 0 Å². The smallest absolute Gasteiger partial charge is 0.264 e. The molecule has 0 saturated carbocycles. The van der Waals surface area contributed by atoms with Crippen molar-refractivity contribution in [1.29, 1.82) is 0 Å². The summed E-state index contributed by atoms with van der Waals surface area (Å²) in [6.45, 7) is 1.36. The van der Waals surface area contributed by atoms with Crippen molar-refractivity contribution < 1.29 is 21.6 Å². The Morgan fingerprint density at radius 2 is 1.32 bits per heavy atom. The monoisotopic (exact) mass is 535 g/mol. The quantitative estimate of drug-likeness (QED) is 0.325. The van der Waals surface area contributed by atoms with E-state index in [1.807, 2.05) is 13.0 Å². The highest BCUT2D eigenvalue weighted by atomic mass is 32.2. The van der Waals surface area contributed by atoms with Crippen LogP contribution in [0.5, 0.6) is 0 Å². The number of benzene rings is 4. The van der Waals surface area contributed by atoms with E-state index in [2.05, 4.69) is 10.0 Å². The third kappa shape index (κ3) is 6.35. The van der Waals surface area contributed by atoms with E-state index in [1.54, 1.807) is 66.7 Å². The van der Waals surface area contributed by atoms with Gasteiger partial charge in [0.1, 0.15) is 6.54 Å². The van der Waals surface area contributed by atoms with Crippen LogP contribution in [0, 0.1) is 6.92 Å². The van der Waals surface area contributed by atoms with Gasteiger partial charge in [0.2, 0.25) is 5.91 Å². The lowest BCUT2D eigenvalue weighted by atomic mass is 10.2. The van der Waals surface area contributed by atoms with Gasteiger partial charge in [-0.1, -0.05) is 48.5 Å². The summed E-state index contributed by atoms with van der Waals surface area (Å²) in [6, 6.07) is 28.8. The maximum atomic E-state index is 13.4. The Labute approximate surface area is 216 Å². The summed E-state index contributed by atoms with van der Waals surface area (Å²) in [5, 5.41) is 2.65. The van der Waals surface area contributed by atoms with Gasteiger partial charge in [-0.3, -0.25) is 13.8 Å². The van der Waals surface area contributed by atoms with Gasteiger partial charge in [0.25, 0.3) is 20.0 Å². The SMILES string of the molecule is Cc1cccc(N(CC(=O)Nc2ccc(S(=O)(=O)Nc3ccccc3)cc2)S(=O)(=O)c2ccccc2)c1. The fourth-order valence-electron chi connectivity index (χ4n) is 3.59. The number of nitrogens with one attached hydrogen (secondary N) is 2. The van der Waals surface area contributed by atoms with Crippen LogP contribution in [-0.2, 0) is 24.8 Å². The summed E-state index contributed by atoms with van der Waals surface area (Å²) in [6.07, 6.45) is 0. The topological polar surface area (TPSA) is 113 Å². The molecule has 0 atom stereocenters. The molecule has 0 unspecified atom stereocenters. The number of sulfonamides is 2. The number of amides is 1. The van der Waals surface area contributed by atoms with Gasteiger partial charge in [-0.15, -0.1) is 0 Å². The van der Waals surface area contributed by atoms with Crippen LogP contribution in [0.2, 0.25) is 0 Å². The zero-order chi connectivity index (χ0) is 26.5. The van der Waals surface area contributed by atoms with E-state index >= 15 is 0 Å². The fraction of sp³-hybridized carbons (Fsp3) is 0.0741. The molecule has 0 aliphatic rings. The van der Waals surface area contributed by atoms with Crippen molar-refractivity contribution in [3.8, 4) is 0 Å². The summed E-state index contributed by atoms with van der Waals surface area (Å²) < 4.78 is 55.6. The fourth-order valence-corrected chi connectivity index (χ4v) is 6.08. The lowest BCUT2D eigenvalue weighted by molar-refractivity contribution is -0.114. The Bertz CT molecular complexity index is 1590. The first-order valence-corrected chi connectivity index (χ1v) is 14.2. The predicted octanol–water partition coefficient (Wildman–Crippen LogP) is 4.63. The third-order valence-corrected chi connectivity index (χ3v) is 8.57. The van der Waals surface area contributed by atoms with Crippen LogP contribution < -0.4 is 14.3 Å². The van der Waals surface area contributed by atoms with Gasteiger partial charge in [-0.2, -0.15) is 0 Å². The Kier molecular flexibility index (Phi) is 7.61. The minimum atomic E-state index is -4.03. The molecule has 37 heavy (non-hydrogen) atoms. The molecule has 4 aromatic rings. The number of hydrogen-bond acceptors (Lipinski definition) is 5. The van der Waals surface area contributed by atoms with Crippen molar-refractivity contribution in [2.45, 2.75) is 16.7 Å². The third-order valence-electron chi connectivity index (χ3n) is 5.38. The first-order chi connectivity index (χ1) is 17.6. The minimum Gasteiger partial charge on any atom is -0.325 e. The molecule has 10 heteroatoms. The number of carbonyl (C=O) groups excluding carboxylic acids is 1. The average molecular weight is 536 g/mol. The zero-order valence-electron chi connectivity index (χ0n) is 19.9. The molecular formula is C27H25N3O5S2. The lowest BCUT2D eigenvalue weighted by Crippen LogP contribution is -2.38. The highest BCUT2D eigenvalue weighted by Gasteiger charge is 2.27. The molecule has 0 aromatic heterocycles. The van der Waals surface area contributed by atoms with E-state index in [1.165, 1.54) is 36.4 Å². The Hall–Kier alpha value is -4.15. The van der Waals surface area contributed by atoms with Crippen molar-refractivity contribution in [3.05, 3.63) is 115 Å². The molecule has 4 rings (SSSR count). The van der Waals surface area contributed by atoms with Crippen molar-refractivity contribution in [3.63, 3.8) is 0 Å². The molecular weight excluding hydrogens is 510 g/mol. The van der Waals surface area contributed by atoms with Crippen LogP contribution in [0.4, 0.5) is 17.1 Å². The van der Waals surface area contributed by atoms with E-state index in [0.717, 1.165) is 9.87 Å². The molecule has 2 N–H and O–H groups in total. The standard InChI is InChI=1S/C27H25N3O5S2/c1-21-9-8-12-24(19-21)30(37(34,35)26-13-6-3-7-14-26)20-27(31)28-22-15-17-25(18-16-22)36(32,33)29-23-10-4-2-5-11-23/h2-19,29H,20H2,1H3,(H,28,31). The van der Waals surface area contributed by atoms with Gasteiger partial charge in [-0.05, 0) is 73.2 Å². The van der Waals surface area contributed by atoms with Gasteiger partial charge in [0, 0.05) is 11.4 Å². The maximum Gasteiger partial charge on any atom is 0.264 e. The number of aryl methyl sites for hydroxylation is 1. The van der Waals surface area contributed by atoms with Crippen LogP contribution in [0.3, 0.4) is 0 Å². The van der Waals surface area contributed by atoms with Gasteiger partial charge < -0.3 is 5.32 Å². The van der Waals surface area contributed by atoms with Crippen LogP contribution in [0.25, 0.3) is 0 Å². The van der Waals surface area contributed by atoms with Crippen LogP contribution in [0.1, 0.15) is 5.56 Å². The number of nitrogens with zero attached hydrogens (tertiary/aromatic N) is 1. The normalized spacial score (nSPS) is 11.5. The molecule has 0 aliphatic carbocycles. The van der Waals surface area contributed by atoms with Gasteiger partial charge in [0.05, 0.1) is 15.5 Å². The maximum absolute atomic E-state index is 13.4. The van der Waals surface area contributed by atoms with E-state index in [0.29, 0.717) is 17.1 Å². The molecule has 0 fully saturated rings. The second-order valence-corrected chi connectivity index (χ2v) is 11.8. The summed E-state index contributed by atoms with van der Waals surface area (Å²) in [5.41, 5.74) is 1.94. The summed E-state index contributed by atoms with van der Waals surface area (Å²) in [7, 11) is -7.85. The Morgan fingerprint density at radius 1 is 0.703 bits per heavy atom. The van der Waals surface area contributed by atoms with Gasteiger partial charge in [0.15, 0.2) is 0 Å². The highest BCUT2D eigenvalue weighted by Crippen LogP contribution is 2.25. The summed E-state index contributed by atoms with van der Waals surface area (Å²) >= 11 is 0. The van der Waals surface area contributed by atoms with Gasteiger partial charge >= 0.3 is 0 Å². The molecule has 0 radical (unpaired) electrons. The van der Waals surface area contributed by atoms with Crippen molar-refractivity contribution in [2.75, 3.05) is 20.9 Å². The molecule has 0 bridgehead atoms. The average Bonchev–Trinajstić information content (AvgIpc) is 2.88. The number of anilines is 3. The number of para-hydroxylation sites is 1. The van der Waals surface area contributed by atoms with Crippen molar-refractivity contribution >= 4 is 43.0 Å². The molecule has 190 valence electrons. The van der Waals surface area contributed by atoms with Crippen LogP contribution in [0.15, 0.2) is 119 Å². The number of carbonyl (C=O) groups is 1. The minimum absolute atomic E-state index is 0.0161. The van der Waals surface area contributed by atoms with E-state index in [-0.39, 0.29) is 9.79 Å². The number of rotatable bonds is 9. The number of hydrogen-bond donors (Lipinski definition) is 2. The molecule has 8 nitrogen and oxygen atoms in total. The molecule has 1 amide bonds. The summed E-state index contributed by atoms with van der Waals surface area (Å²) in [5.74, 6) is -0.584. The van der Waals surface area contributed by atoms with Crippen molar-refractivity contribution in [2.24, 2.45) is 0 Å². The second kappa shape index (κ2) is 10.9. The van der Waals surface area contributed by atoms with E-state index in [9.17, 15) is 21.6 Å². The van der Waals surface area contributed by atoms with E-state index < -0.39 is 32.5 Å². The summed E-state index contributed by atoms with van der Waals surface area (Å²) in [4.78, 5) is 13.0. The Morgan fingerprint density at radius 3 is 1.95 bits per heavy atom. The van der Waals surface area contributed by atoms with Crippen LogP contribution >= 0.6 is 0 Å². The molecule has 0 saturated heterocycles. The molecule has 0 aliphatic heterocycles. The molecule has 0 spiro atoms. The highest BCUT2D eigenvalue weighted by molar-refractivity contribution is 7.93. The Balaban J connectivity index is 1.53. The lowest BCUT2D eigenvalue weighted by Gasteiger charge is -2.24. The molecule has 4 aromatic carbocycles. The largest absolute Gasteiger partial charge is 0.325 e. The zero-order valence-corrected chi connectivity index (χ0v) is 21.5. The molecule has 0 heterocycles. The van der Waals surface area contributed by atoms with Crippen LogP contribution in [-0.4, -0.2) is 29.3 Å². The second-order valence-electron chi connectivity index (χ2n) is 8.21. The first-order valence-electron chi connectivity index (χ1n) is 11.3. The van der Waals surface area contributed by atoms with Gasteiger partial charge in [-0.25, -0.2) is 16.8 Å². The first kappa shape index (κ1) is 25.9.